The van der Waals surface area contributed by atoms with Crippen LogP contribution in [0.2, 0.25) is 0 Å². The number of hydrogen-bond donors (Lipinski definition) is 0. The first-order chi connectivity index (χ1) is 14.7. The third-order valence-electron chi connectivity index (χ3n) is 6.40. The topological polar surface area (TPSA) is 77.5 Å². The summed E-state index contributed by atoms with van der Waals surface area (Å²) in [4.78, 5) is 21.6. The standard InChI is InChI=1S/C23H24N6O/c24-14-17-6-7-22(25-15-17)27-11-12-28-20(16-27)13-19(23(28)30)4-1-3-18-5-2-10-29-21(18)8-9-26-29/h2,5-10,15,19-20H,1,3-4,11-13,16H2/t19-,20-/m0/s1. The Kier molecular flexibility index (Phi) is 4.83. The van der Waals surface area contributed by atoms with Gasteiger partial charge in [-0.05, 0) is 55.5 Å². The molecule has 2 fully saturated rings. The number of aromatic nitrogens is 3. The van der Waals surface area contributed by atoms with Gasteiger partial charge in [0.1, 0.15) is 11.9 Å². The van der Waals surface area contributed by atoms with E-state index < -0.39 is 0 Å². The zero-order valence-corrected chi connectivity index (χ0v) is 16.8. The van der Waals surface area contributed by atoms with Crippen molar-refractivity contribution in [2.24, 2.45) is 5.92 Å². The predicted molar refractivity (Wildman–Crippen MR) is 113 cm³/mol. The Morgan fingerprint density at radius 3 is 2.97 bits per heavy atom. The van der Waals surface area contributed by atoms with E-state index in [1.54, 1.807) is 12.3 Å². The molecule has 2 saturated heterocycles. The summed E-state index contributed by atoms with van der Waals surface area (Å²) in [5, 5.41) is 13.3. The monoisotopic (exact) mass is 400 g/mol. The van der Waals surface area contributed by atoms with Crippen molar-refractivity contribution in [3.63, 3.8) is 0 Å². The molecular weight excluding hydrogens is 376 g/mol. The molecule has 5 rings (SSSR count). The van der Waals surface area contributed by atoms with Gasteiger partial charge >= 0.3 is 0 Å². The number of nitrogens with zero attached hydrogens (tertiary/aromatic N) is 6. The van der Waals surface area contributed by atoms with Crippen molar-refractivity contribution in [1.29, 1.82) is 5.26 Å². The van der Waals surface area contributed by atoms with Crippen LogP contribution in [0, 0.1) is 17.2 Å². The summed E-state index contributed by atoms with van der Waals surface area (Å²) in [6.07, 6.45) is 9.22. The molecule has 0 N–H and O–H groups in total. The average Bonchev–Trinajstić information content (AvgIpc) is 3.39. The third kappa shape index (κ3) is 3.39. The molecule has 3 aromatic heterocycles. The Balaban J connectivity index is 1.19. The molecule has 0 radical (unpaired) electrons. The van der Waals surface area contributed by atoms with Crippen molar-refractivity contribution in [3.05, 3.63) is 60.0 Å². The van der Waals surface area contributed by atoms with Gasteiger partial charge in [0.05, 0.1) is 17.1 Å². The number of aryl methyl sites for hydroxylation is 1. The first-order valence-electron chi connectivity index (χ1n) is 10.6. The second-order valence-electron chi connectivity index (χ2n) is 8.17. The maximum atomic E-state index is 12.9. The fourth-order valence-electron chi connectivity index (χ4n) is 4.86. The first-order valence-corrected chi connectivity index (χ1v) is 10.6. The second kappa shape index (κ2) is 7.79. The molecule has 1 amide bonds. The molecule has 0 saturated carbocycles. The molecule has 3 aromatic rings. The highest BCUT2D eigenvalue weighted by Crippen LogP contribution is 2.32. The molecule has 7 heteroatoms. The normalized spacial score (nSPS) is 21.1. The van der Waals surface area contributed by atoms with Crippen LogP contribution in [0.25, 0.3) is 5.52 Å². The third-order valence-corrected chi connectivity index (χ3v) is 6.40. The van der Waals surface area contributed by atoms with Crippen LogP contribution in [-0.2, 0) is 11.2 Å². The zero-order valence-electron chi connectivity index (χ0n) is 16.8. The van der Waals surface area contributed by atoms with E-state index in [1.807, 2.05) is 35.1 Å². The van der Waals surface area contributed by atoms with Crippen LogP contribution in [0.4, 0.5) is 5.82 Å². The second-order valence-corrected chi connectivity index (χ2v) is 8.17. The van der Waals surface area contributed by atoms with Gasteiger partial charge < -0.3 is 9.80 Å². The summed E-state index contributed by atoms with van der Waals surface area (Å²) in [6.45, 7) is 2.35. The van der Waals surface area contributed by atoms with Gasteiger partial charge in [0, 0.05) is 44.1 Å². The predicted octanol–water partition coefficient (Wildman–Crippen LogP) is 2.66. The highest BCUT2D eigenvalue weighted by atomic mass is 16.2. The molecule has 2 atom stereocenters. The summed E-state index contributed by atoms with van der Waals surface area (Å²) < 4.78 is 1.90. The van der Waals surface area contributed by atoms with Gasteiger partial charge in [0.2, 0.25) is 5.91 Å². The summed E-state index contributed by atoms with van der Waals surface area (Å²) >= 11 is 0. The highest BCUT2D eigenvalue weighted by Gasteiger charge is 2.42. The van der Waals surface area contributed by atoms with E-state index in [0.717, 1.165) is 56.7 Å². The number of anilines is 1. The fourth-order valence-corrected chi connectivity index (χ4v) is 4.86. The summed E-state index contributed by atoms with van der Waals surface area (Å²) in [5.74, 6) is 1.32. The summed E-state index contributed by atoms with van der Waals surface area (Å²) in [7, 11) is 0. The molecule has 0 unspecified atom stereocenters. The largest absolute Gasteiger partial charge is 0.353 e. The van der Waals surface area contributed by atoms with Gasteiger partial charge in [0.25, 0.3) is 0 Å². The fraction of sp³-hybridized carbons (Fsp3) is 0.391. The molecular formula is C23H24N6O. The van der Waals surface area contributed by atoms with E-state index in [1.165, 1.54) is 5.56 Å². The minimum atomic E-state index is 0.119. The number of carbonyl (C=O) groups excluding carboxylic acids is 1. The molecule has 0 aromatic carbocycles. The van der Waals surface area contributed by atoms with Gasteiger partial charge in [0.15, 0.2) is 0 Å². The van der Waals surface area contributed by atoms with E-state index in [2.05, 4.69) is 32.0 Å². The van der Waals surface area contributed by atoms with E-state index in [-0.39, 0.29) is 12.0 Å². The van der Waals surface area contributed by atoms with Gasteiger partial charge in [-0.1, -0.05) is 6.07 Å². The Hall–Kier alpha value is -3.40. The van der Waals surface area contributed by atoms with Gasteiger partial charge in [-0.3, -0.25) is 4.79 Å². The Morgan fingerprint density at radius 2 is 2.13 bits per heavy atom. The minimum Gasteiger partial charge on any atom is -0.353 e. The summed E-state index contributed by atoms with van der Waals surface area (Å²) in [6, 6.07) is 12.3. The van der Waals surface area contributed by atoms with Crippen molar-refractivity contribution in [2.75, 3.05) is 24.5 Å². The number of piperazine rings is 1. The smallest absolute Gasteiger partial charge is 0.226 e. The maximum Gasteiger partial charge on any atom is 0.226 e. The van der Waals surface area contributed by atoms with E-state index in [9.17, 15) is 4.79 Å². The quantitative estimate of drug-likeness (QED) is 0.658. The lowest BCUT2D eigenvalue weighted by molar-refractivity contribution is -0.132. The number of amides is 1. The van der Waals surface area contributed by atoms with Crippen molar-refractivity contribution >= 4 is 17.2 Å². The van der Waals surface area contributed by atoms with Crippen LogP contribution >= 0.6 is 0 Å². The van der Waals surface area contributed by atoms with Crippen LogP contribution in [0.5, 0.6) is 0 Å². The van der Waals surface area contributed by atoms with Crippen molar-refractivity contribution in [3.8, 4) is 6.07 Å². The first kappa shape index (κ1) is 18.6. The molecule has 152 valence electrons. The highest BCUT2D eigenvalue weighted by molar-refractivity contribution is 5.82. The minimum absolute atomic E-state index is 0.119. The molecule has 7 nitrogen and oxygen atoms in total. The number of hydrogen-bond acceptors (Lipinski definition) is 5. The number of rotatable bonds is 5. The number of carbonyl (C=O) groups is 1. The van der Waals surface area contributed by atoms with Gasteiger partial charge in [-0.25, -0.2) is 9.50 Å². The number of pyridine rings is 2. The number of fused-ring (bicyclic) bond motifs is 2. The Bertz CT molecular complexity index is 1100. The van der Waals surface area contributed by atoms with Crippen molar-refractivity contribution in [2.45, 2.75) is 31.7 Å². The summed E-state index contributed by atoms with van der Waals surface area (Å²) in [5.41, 5.74) is 3.01. The van der Waals surface area contributed by atoms with E-state index >= 15 is 0 Å². The molecule has 0 spiro atoms. The van der Waals surface area contributed by atoms with Crippen LogP contribution in [0.15, 0.2) is 48.9 Å². The molecule has 0 aliphatic carbocycles. The molecule has 2 aliphatic heterocycles. The van der Waals surface area contributed by atoms with Gasteiger partial charge in [-0.15, -0.1) is 0 Å². The average molecular weight is 400 g/mol. The van der Waals surface area contributed by atoms with Crippen LogP contribution in [0.1, 0.15) is 30.4 Å². The zero-order chi connectivity index (χ0) is 20.5. The SMILES string of the molecule is N#Cc1ccc(N2CCN3C(=O)[C@@H](CCCc4cccn5nccc45)C[C@H]3C2)nc1. The van der Waals surface area contributed by atoms with Crippen molar-refractivity contribution < 1.29 is 4.79 Å². The molecule has 0 bridgehead atoms. The number of nitriles is 1. The lowest BCUT2D eigenvalue weighted by atomic mass is 9.96. The lowest BCUT2D eigenvalue weighted by Crippen LogP contribution is -2.51. The Morgan fingerprint density at radius 1 is 1.20 bits per heavy atom. The van der Waals surface area contributed by atoms with Crippen molar-refractivity contribution in [1.82, 2.24) is 19.5 Å². The molecule has 2 aliphatic rings. The molecule has 5 heterocycles. The van der Waals surface area contributed by atoms with Gasteiger partial charge in [-0.2, -0.15) is 10.4 Å². The van der Waals surface area contributed by atoms with E-state index in [0.29, 0.717) is 11.5 Å². The van der Waals surface area contributed by atoms with E-state index in [4.69, 9.17) is 5.26 Å². The van der Waals surface area contributed by atoms with Crippen LogP contribution in [-0.4, -0.2) is 51.1 Å². The molecule has 30 heavy (non-hydrogen) atoms. The van der Waals surface area contributed by atoms with Crippen LogP contribution < -0.4 is 4.90 Å². The Labute approximate surface area is 175 Å². The lowest BCUT2D eigenvalue weighted by Gasteiger charge is -2.38. The van der Waals surface area contributed by atoms with Crippen LogP contribution in [0.3, 0.4) is 0 Å². The maximum absolute atomic E-state index is 12.9.